The summed E-state index contributed by atoms with van der Waals surface area (Å²) in [5.74, 6) is 0. The number of benzene rings is 6. The molecule has 0 N–H and O–H groups in total. The van der Waals surface area contributed by atoms with Crippen LogP contribution in [-0.4, -0.2) is 18.7 Å². The summed E-state index contributed by atoms with van der Waals surface area (Å²) in [5, 5.41) is 14.4. The van der Waals surface area contributed by atoms with Gasteiger partial charge in [0, 0.05) is 48.7 Å². The van der Waals surface area contributed by atoms with Crippen LogP contribution in [0.25, 0.3) is 82.1 Å². The SMILES string of the molecule is CC1(C)c2ccccc2-c2c3c1cccc3nn2Cn1c2ccccc2c2c3c4ccccc4n4c5ccccc5c(cc21)c34. The molecular weight excluding hydrogens is 548 g/mol. The summed E-state index contributed by atoms with van der Waals surface area (Å²) in [5.41, 5.74) is 12.5. The number of nitrogens with zero attached hydrogens (tertiary/aromatic N) is 4. The van der Waals surface area contributed by atoms with Crippen molar-refractivity contribution in [1.29, 1.82) is 0 Å². The third-order valence-corrected chi connectivity index (χ3v) is 10.7. The zero-order valence-corrected chi connectivity index (χ0v) is 25.0. The van der Waals surface area contributed by atoms with Crippen LogP contribution in [0.15, 0.2) is 121 Å². The molecule has 0 radical (unpaired) electrons. The van der Waals surface area contributed by atoms with Gasteiger partial charge in [0.2, 0.25) is 0 Å². The minimum absolute atomic E-state index is 0.0961. The van der Waals surface area contributed by atoms with E-state index >= 15 is 0 Å². The first-order valence-electron chi connectivity index (χ1n) is 15.8. The molecule has 1 aliphatic rings. The van der Waals surface area contributed by atoms with Crippen LogP contribution >= 0.6 is 0 Å². The molecule has 45 heavy (non-hydrogen) atoms. The second kappa shape index (κ2) is 7.91. The van der Waals surface area contributed by atoms with Crippen molar-refractivity contribution in [3.63, 3.8) is 0 Å². The molecule has 0 atom stereocenters. The summed E-state index contributed by atoms with van der Waals surface area (Å²) < 4.78 is 7.23. The molecule has 0 saturated carbocycles. The van der Waals surface area contributed by atoms with E-state index in [4.69, 9.17) is 5.10 Å². The van der Waals surface area contributed by atoms with Crippen molar-refractivity contribution in [3.8, 4) is 11.3 Å². The maximum Gasteiger partial charge on any atom is 0.117 e. The van der Waals surface area contributed by atoms with Crippen molar-refractivity contribution in [2.75, 3.05) is 0 Å². The highest BCUT2D eigenvalue weighted by atomic mass is 15.3. The first-order valence-corrected chi connectivity index (χ1v) is 15.8. The minimum atomic E-state index is -0.0961. The van der Waals surface area contributed by atoms with Gasteiger partial charge in [-0.05, 0) is 41.5 Å². The summed E-state index contributed by atoms with van der Waals surface area (Å²) in [6, 6.07) is 44.6. The Balaban J connectivity index is 1.30. The van der Waals surface area contributed by atoms with Crippen LogP contribution < -0.4 is 0 Å². The van der Waals surface area contributed by atoms with Gasteiger partial charge in [0.1, 0.15) is 6.67 Å². The lowest BCUT2D eigenvalue weighted by molar-refractivity contribution is 0.580. The lowest BCUT2D eigenvalue weighted by atomic mass is 9.70. The third-order valence-electron chi connectivity index (χ3n) is 10.7. The zero-order chi connectivity index (χ0) is 29.6. The van der Waals surface area contributed by atoms with Gasteiger partial charge in [0.05, 0.1) is 38.8 Å². The molecule has 4 heteroatoms. The molecule has 0 unspecified atom stereocenters. The van der Waals surface area contributed by atoms with Gasteiger partial charge in [-0.25, -0.2) is 4.68 Å². The van der Waals surface area contributed by atoms with E-state index < -0.39 is 0 Å². The van der Waals surface area contributed by atoms with Crippen LogP contribution in [-0.2, 0) is 12.1 Å². The molecule has 0 saturated heterocycles. The second-order valence-electron chi connectivity index (χ2n) is 13.2. The quantitative estimate of drug-likeness (QED) is 0.201. The smallest absolute Gasteiger partial charge is 0.117 e. The number of para-hydroxylation sites is 3. The van der Waals surface area contributed by atoms with Crippen molar-refractivity contribution in [1.82, 2.24) is 18.7 Å². The van der Waals surface area contributed by atoms with E-state index in [0.29, 0.717) is 6.67 Å². The van der Waals surface area contributed by atoms with Gasteiger partial charge in [-0.1, -0.05) is 105 Å². The van der Waals surface area contributed by atoms with Crippen LogP contribution in [0.3, 0.4) is 0 Å². The van der Waals surface area contributed by atoms with Gasteiger partial charge < -0.3 is 8.97 Å². The van der Waals surface area contributed by atoms with Crippen LogP contribution in [0, 0.1) is 0 Å². The third kappa shape index (κ3) is 2.73. The molecule has 212 valence electrons. The largest absolute Gasteiger partial charge is 0.320 e. The fraction of sp³-hybridized carbons (Fsp3) is 0.0976. The molecule has 4 aromatic heterocycles. The standard InChI is InChI=1S/C41H28N4/c1-41(2)29-16-7-3-13-25(29)39-38-30(41)17-11-18-31(38)42-44(39)23-43-32-19-8-5-14-26(32)36-35(43)22-28-24-12-4-9-20-33(24)45-34-21-10-6-15-27(34)37(36)40(28)45/h3-22H,23H2,1-2H3. The maximum absolute atomic E-state index is 5.32. The van der Waals surface area contributed by atoms with Gasteiger partial charge in [0.25, 0.3) is 0 Å². The van der Waals surface area contributed by atoms with Gasteiger partial charge in [-0.3, -0.25) is 0 Å². The summed E-state index contributed by atoms with van der Waals surface area (Å²) in [6.45, 7) is 5.31. The molecule has 0 bridgehead atoms. The Bertz CT molecular complexity index is 2870. The summed E-state index contributed by atoms with van der Waals surface area (Å²) >= 11 is 0. The van der Waals surface area contributed by atoms with Crippen LogP contribution in [0.5, 0.6) is 0 Å². The van der Waals surface area contributed by atoms with Crippen molar-refractivity contribution >= 4 is 70.8 Å². The van der Waals surface area contributed by atoms with Crippen LogP contribution in [0.4, 0.5) is 0 Å². The predicted octanol–water partition coefficient (Wildman–Crippen LogP) is 10.1. The van der Waals surface area contributed by atoms with E-state index in [1.165, 1.54) is 87.7 Å². The van der Waals surface area contributed by atoms with Crippen molar-refractivity contribution in [2.45, 2.75) is 25.9 Å². The maximum atomic E-state index is 5.32. The van der Waals surface area contributed by atoms with E-state index in [0.717, 1.165) is 5.52 Å². The monoisotopic (exact) mass is 576 g/mol. The predicted molar refractivity (Wildman–Crippen MR) is 187 cm³/mol. The number of hydrogen-bond donors (Lipinski definition) is 0. The minimum Gasteiger partial charge on any atom is -0.320 e. The first-order chi connectivity index (χ1) is 22.1. The molecule has 0 aliphatic heterocycles. The highest BCUT2D eigenvalue weighted by Crippen LogP contribution is 2.49. The fourth-order valence-corrected chi connectivity index (χ4v) is 8.79. The number of hydrogen-bond acceptors (Lipinski definition) is 1. The van der Waals surface area contributed by atoms with Gasteiger partial charge in [0.15, 0.2) is 0 Å². The van der Waals surface area contributed by atoms with E-state index in [2.05, 4.69) is 149 Å². The van der Waals surface area contributed by atoms with Crippen molar-refractivity contribution in [2.24, 2.45) is 0 Å². The van der Waals surface area contributed by atoms with E-state index in [-0.39, 0.29) is 5.41 Å². The number of aromatic nitrogens is 4. The average Bonchev–Trinajstić information content (AvgIpc) is 3.80. The summed E-state index contributed by atoms with van der Waals surface area (Å²) in [7, 11) is 0. The van der Waals surface area contributed by atoms with Crippen LogP contribution in [0.2, 0.25) is 0 Å². The lowest BCUT2D eigenvalue weighted by Crippen LogP contribution is -2.24. The summed E-state index contributed by atoms with van der Waals surface area (Å²) in [6.07, 6.45) is 0. The topological polar surface area (TPSA) is 27.2 Å². The Morgan fingerprint density at radius 1 is 0.556 bits per heavy atom. The van der Waals surface area contributed by atoms with Crippen LogP contribution in [0.1, 0.15) is 25.0 Å². The molecule has 4 nitrogen and oxygen atoms in total. The molecule has 0 spiro atoms. The Hall–Kier alpha value is -5.61. The molecule has 4 heterocycles. The summed E-state index contributed by atoms with van der Waals surface area (Å²) in [4.78, 5) is 0. The highest BCUT2D eigenvalue weighted by molar-refractivity contribution is 6.35. The molecule has 10 aromatic rings. The van der Waals surface area contributed by atoms with Gasteiger partial charge >= 0.3 is 0 Å². The molecular formula is C41H28N4. The normalized spacial score (nSPS) is 14.3. The molecule has 11 rings (SSSR count). The Labute approximate surface area is 258 Å². The van der Waals surface area contributed by atoms with Crippen molar-refractivity contribution < 1.29 is 0 Å². The Morgan fingerprint density at radius 3 is 2.02 bits per heavy atom. The van der Waals surface area contributed by atoms with Gasteiger partial charge in [-0.2, -0.15) is 5.10 Å². The Kier molecular flexibility index (Phi) is 4.18. The highest BCUT2D eigenvalue weighted by Gasteiger charge is 2.36. The van der Waals surface area contributed by atoms with E-state index in [1.54, 1.807) is 0 Å². The fourth-order valence-electron chi connectivity index (χ4n) is 8.79. The van der Waals surface area contributed by atoms with Gasteiger partial charge in [-0.15, -0.1) is 0 Å². The molecule has 0 fully saturated rings. The first kappa shape index (κ1) is 23.8. The molecule has 6 aromatic carbocycles. The van der Waals surface area contributed by atoms with Crippen molar-refractivity contribution in [3.05, 3.63) is 132 Å². The molecule has 1 aliphatic carbocycles. The number of fused-ring (bicyclic) bond motifs is 12. The average molecular weight is 577 g/mol. The second-order valence-corrected chi connectivity index (χ2v) is 13.2. The zero-order valence-electron chi connectivity index (χ0n) is 25.0. The molecule has 0 amide bonds. The lowest BCUT2D eigenvalue weighted by Gasteiger charge is -2.33. The number of rotatable bonds is 2. The van der Waals surface area contributed by atoms with E-state index in [9.17, 15) is 0 Å². The van der Waals surface area contributed by atoms with E-state index in [1.807, 2.05) is 0 Å². The Morgan fingerprint density at radius 2 is 1.20 bits per heavy atom.